The highest BCUT2D eigenvalue weighted by molar-refractivity contribution is 5.83. The molecular weight excluding hydrogens is 290 g/mol. The molecule has 0 saturated carbocycles. The molecule has 7 nitrogen and oxygen atoms in total. The lowest BCUT2D eigenvalue weighted by molar-refractivity contribution is -0.163. The smallest absolute Gasteiger partial charge is 0.411 e. The Morgan fingerprint density at radius 3 is 2.14 bits per heavy atom. The molecule has 22 heavy (non-hydrogen) atoms. The molecule has 0 rings (SSSR count). The van der Waals surface area contributed by atoms with E-state index in [1.807, 2.05) is 0 Å². The van der Waals surface area contributed by atoms with Crippen molar-refractivity contribution in [2.45, 2.75) is 72.1 Å². The Labute approximate surface area is 131 Å². The minimum Gasteiger partial charge on any atom is -0.480 e. The van der Waals surface area contributed by atoms with E-state index in [4.69, 9.17) is 4.74 Å². The van der Waals surface area contributed by atoms with Gasteiger partial charge in [-0.3, -0.25) is 4.79 Å². The van der Waals surface area contributed by atoms with Crippen LogP contribution in [0.15, 0.2) is 0 Å². The van der Waals surface area contributed by atoms with E-state index < -0.39 is 29.9 Å². The van der Waals surface area contributed by atoms with E-state index in [1.165, 1.54) is 20.8 Å². The molecule has 0 aliphatic heterocycles. The number of rotatable bonds is 9. The van der Waals surface area contributed by atoms with E-state index in [2.05, 4.69) is 23.9 Å². The summed E-state index contributed by atoms with van der Waals surface area (Å²) in [5, 5.41) is 11.7. The zero-order valence-electron chi connectivity index (χ0n) is 14.0. The average molecular weight is 317 g/mol. The van der Waals surface area contributed by atoms with Crippen molar-refractivity contribution in [1.82, 2.24) is 5.32 Å². The van der Waals surface area contributed by atoms with E-state index >= 15 is 0 Å². The number of carbonyl (C=O) groups is 3. The maximum atomic E-state index is 11.8. The first-order valence-corrected chi connectivity index (χ1v) is 7.54. The molecule has 0 aromatic rings. The SMILES string of the molecule is CCC(CC)CC[C@](C)(NC(=O)O[C@@H](C)OC(C)=O)C(=O)O. The molecule has 0 unspecified atom stereocenters. The van der Waals surface area contributed by atoms with E-state index in [0.717, 1.165) is 12.8 Å². The van der Waals surface area contributed by atoms with Gasteiger partial charge >= 0.3 is 18.0 Å². The number of hydrogen-bond acceptors (Lipinski definition) is 5. The Balaban J connectivity index is 4.64. The molecule has 0 aromatic carbocycles. The van der Waals surface area contributed by atoms with Gasteiger partial charge in [-0.1, -0.05) is 26.7 Å². The maximum absolute atomic E-state index is 11.8. The summed E-state index contributed by atoms with van der Waals surface area (Å²) in [7, 11) is 0. The van der Waals surface area contributed by atoms with Crippen molar-refractivity contribution < 1.29 is 29.0 Å². The Kier molecular flexibility index (Phi) is 8.52. The molecular formula is C15H27NO6. The van der Waals surface area contributed by atoms with Crippen LogP contribution in [-0.4, -0.2) is 35.0 Å². The van der Waals surface area contributed by atoms with Crippen LogP contribution in [0.25, 0.3) is 0 Å². The van der Waals surface area contributed by atoms with Crippen LogP contribution < -0.4 is 5.32 Å². The third-order valence-corrected chi connectivity index (χ3v) is 3.66. The van der Waals surface area contributed by atoms with Gasteiger partial charge in [0.15, 0.2) is 0 Å². The van der Waals surface area contributed by atoms with Gasteiger partial charge < -0.3 is 19.9 Å². The topological polar surface area (TPSA) is 102 Å². The summed E-state index contributed by atoms with van der Waals surface area (Å²) in [6.45, 7) is 8.11. The number of aliphatic carboxylic acids is 1. The van der Waals surface area contributed by atoms with Gasteiger partial charge in [0.25, 0.3) is 0 Å². The number of carboxylic acids is 1. The van der Waals surface area contributed by atoms with Crippen molar-refractivity contribution in [2.24, 2.45) is 5.92 Å². The molecule has 0 aliphatic carbocycles. The minimum absolute atomic E-state index is 0.297. The molecule has 0 fully saturated rings. The molecule has 0 radical (unpaired) electrons. The molecule has 0 spiro atoms. The molecule has 7 heteroatoms. The second-order valence-electron chi connectivity index (χ2n) is 5.57. The molecule has 0 saturated heterocycles. The van der Waals surface area contributed by atoms with Gasteiger partial charge in [0.1, 0.15) is 5.54 Å². The summed E-state index contributed by atoms with van der Waals surface area (Å²) in [6.07, 6.45) is 0.902. The highest BCUT2D eigenvalue weighted by Crippen LogP contribution is 2.22. The van der Waals surface area contributed by atoms with Crippen LogP contribution in [0.4, 0.5) is 4.79 Å². The van der Waals surface area contributed by atoms with Gasteiger partial charge in [-0.05, 0) is 25.7 Å². The quantitative estimate of drug-likeness (QED) is 0.501. The summed E-state index contributed by atoms with van der Waals surface area (Å²) in [4.78, 5) is 33.9. The number of carbonyl (C=O) groups excluding carboxylic acids is 2. The summed E-state index contributed by atoms with van der Waals surface area (Å²) < 4.78 is 9.47. The molecule has 0 aliphatic rings. The van der Waals surface area contributed by atoms with Gasteiger partial charge in [-0.2, -0.15) is 0 Å². The van der Waals surface area contributed by atoms with Crippen molar-refractivity contribution in [2.75, 3.05) is 0 Å². The minimum atomic E-state index is -1.42. The second kappa shape index (κ2) is 9.27. The zero-order chi connectivity index (χ0) is 17.3. The third kappa shape index (κ3) is 7.28. The number of carboxylic acid groups (broad SMARTS) is 1. The van der Waals surface area contributed by atoms with Gasteiger partial charge in [0.2, 0.25) is 6.29 Å². The van der Waals surface area contributed by atoms with Crippen LogP contribution in [0.5, 0.6) is 0 Å². The molecule has 1 amide bonds. The average Bonchev–Trinajstić information content (AvgIpc) is 2.38. The van der Waals surface area contributed by atoms with Crippen LogP contribution in [-0.2, 0) is 19.1 Å². The molecule has 2 atom stereocenters. The van der Waals surface area contributed by atoms with Crippen LogP contribution in [0.1, 0.15) is 60.3 Å². The predicted molar refractivity (Wildman–Crippen MR) is 80.2 cm³/mol. The first kappa shape index (κ1) is 20.2. The van der Waals surface area contributed by atoms with Crippen molar-refractivity contribution >= 4 is 18.0 Å². The molecule has 0 bridgehead atoms. The van der Waals surface area contributed by atoms with Crippen molar-refractivity contribution in [1.29, 1.82) is 0 Å². The summed E-state index contributed by atoms with van der Waals surface area (Å²) in [5.41, 5.74) is -1.42. The Bertz CT molecular complexity index is 393. The van der Waals surface area contributed by atoms with Crippen molar-refractivity contribution in [3.8, 4) is 0 Å². The third-order valence-electron chi connectivity index (χ3n) is 3.66. The van der Waals surface area contributed by atoms with Crippen LogP contribution in [0.3, 0.4) is 0 Å². The fourth-order valence-electron chi connectivity index (χ4n) is 2.08. The summed E-state index contributed by atoms with van der Waals surface area (Å²) >= 11 is 0. The lowest BCUT2D eigenvalue weighted by Crippen LogP contribution is -2.53. The fraction of sp³-hybridized carbons (Fsp3) is 0.800. The Morgan fingerprint density at radius 1 is 1.18 bits per heavy atom. The standard InChI is InChI=1S/C15H27NO6/c1-6-12(7-2)8-9-15(5,13(18)19)16-14(20)22-11(4)21-10(3)17/h11-12H,6-9H2,1-5H3,(H,16,20)(H,18,19)/t11-,15-/m0/s1. The highest BCUT2D eigenvalue weighted by Gasteiger charge is 2.36. The zero-order valence-corrected chi connectivity index (χ0v) is 14.0. The van der Waals surface area contributed by atoms with E-state index in [0.29, 0.717) is 18.8 Å². The molecule has 2 N–H and O–H groups in total. The lowest BCUT2D eigenvalue weighted by atomic mass is 9.88. The van der Waals surface area contributed by atoms with E-state index in [9.17, 15) is 19.5 Å². The van der Waals surface area contributed by atoms with Crippen LogP contribution in [0, 0.1) is 5.92 Å². The number of ether oxygens (including phenoxy) is 2. The monoisotopic (exact) mass is 317 g/mol. The number of alkyl carbamates (subject to hydrolysis) is 1. The summed E-state index contributed by atoms with van der Waals surface area (Å²) in [5.74, 6) is -1.30. The molecule has 0 heterocycles. The lowest BCUT2D eigenvalue weighted by Gasteiger charge is -2.28. The van der Waals surface area contributed by atoms with Gasteiger partial charge in [0.05, 0.1) is 0 Å². The van der Waals surface area contributed by atoms with E-state index in [-0.39, 0.29) is 0 Å². The fourth-order valence-corrected chi connectivity index (χ4v) is 2.08. The largest absolute Gasteiger partial charge is 0.480 e. The second-order valence-corrected chi connectivity index (χ2v) is 5.57. The van der Waals surface area contributed by atoms with Gasteiger partial charge in [-0.25, -0.2) is 9.59 Å². The molecule has 128 valence electrons. The maximum Gasteiger partial charge on any atom is 0.411 e. The predicted octanol–water partition coefficient (Wildman–Crippen LogP) is 2.68. The number of amides is 1. The van der Waals surface area contributed by atoms with Crippen molar-refractivity contribution in [3.63, 3.8) is 0 Å². The van der Waals surface area contributed by atoms with Gasteiger partial charge in [-0.15, -0.1) is 0 Å². The van der Waals surface area contributed by atoms with Crippen LogP contribution >= 0.6 is 0 Å². The first-order chi connectivity index (χ1) is 10.1. The number of esters is 1. The number of nitrogens with one attached hydrogen (secondary N) is 1. The Hall–Kier alpha value is -1.79. The molecule has 0 aromatic heterocycles. The highest BCUT2D eigenvalue weighted by atomic mass is 16.7. The first-order valence-electron chi connectivity index (χ1n) is 7.54. The van der Waals surface area contributed by atoms with Crippen LogP contribution in [0.2, 0.25) is 0 Å². The van der Waals surface area contributed by atoms with E-state index in [1.54, 1.807) is 0 Å². The normalized spacial score (nSPS) is 14.8. The van der Waals surface area contributed by atoms with Gasteiger partial charge in [0, 0.05) is 13.8 Å². The Morgan fingerprint density at radius 2 is 1.73 bits per heavy atom. The van der Waals surface area contributed by atoms with Crippen molar-refractivity contribution in [3.05, 3.63) is 0 Å². The summed E-state index contributed by atoms with van der Waals surface area (Å²) in [6, 6.07) is 0. The number of hydrogen-bond donors (Lipinski definition) is 2.